The highest BCUT2D eigenvalue weighted by atomic mass is 16.5. The van der Waals surface area contributed by atoms with Crippen LogP contribution in [0.25, 0.3) is 0 Å². The van der Waals surface area contributed by atoms with Crippen molar-refractivity contribution in [1.29, 1.82) is 0 Å². The lowest BCUT2D eigenvalue weighted by Crippen LogP contribution is -2.38. The van der Waals surface area contributed by atoms with Crippen molar-refractivity contribution in [2.24, 2.45) is 0 Å². The number of benzene rings is 2. The molecule has 0 saturated carbocycles. The van der Waals surface area contributed by atoms with E-state index in [9.17, 15) is 4.79 Å². The van der Waals surface area contributed by atoms with Gasteiger partial charge in [0.2, 0.25) is 5.91 Å². The van der Waals surface area contributed by atoms with Gasteiger partial charge >= 0.3 is 0 Å². The van der Waals surface area contributed by atoms with Gasteiger partial charge in [-0.15, -0.1) is 0 Å². The second-order valence-electron chi connectivity index (χ2n) is 5.69. The molecule has 23 heavy (non-hydrogen) atoms. The van der Waals surface area contributed by atoms with E-state index >= 15 is 0 Å². The van der Waals surface area contributed by atoms with Crippen LogP contribution in [0.4, 0.5) is 0 Å². The fourth-order valence-electron chi connectivity index (χ4n) is 2.65. The average Bonchev–Trinajstić information content (AvgIpc) is 2.61. The molecule has 0 aliphatic carbocycles. The lowest BCUT2D eigenvalue weighted by molar-refractivity contribution is -0.126. The standard InChI is InChI=1S/C19H21NO3/c21-19(14-22-12-15-6-2-1-3-7-15)20-11-18-10-16-8-4-5-9-17(16)13-23-18/h1-9,18H,10-14H2,(H,20,21)/t18-/m0/s1. The van der Waals surface area contributed by atoms with Crippen molar-refractivity contribution in [3.8, 4) is 0 Å². The van der Waals surface area contributed by atoms with Gasteiger partial charge in [0.05, 0.1) is 19.3 Å². The van der Waals surface area contributed by atoms with Crippen LogP contribution in [0.2, 0.25) is 0 Å². The summed E-state index contributed by atoms with van der Waals surface area (Å²) in [7, 11) is 0. The van der Waals surface area contributed by atoms with Crippen LogP contribution in [-0.2, 0) is 33.9 Å². The number of fused-ring (bicyclic) bond motifs is 1. The minimum atomic E-state index is -0.108. The first-order valence-electron chi connectivity index (χ1n) is 7.88. The van der Waals surface area contributed by atoms with Gasteiger partial charge in [0.1, 0.15) is 6.61 Å². The van der Waals surface area contributed by atoms with E-state index in [-0.39, 0.29) is 18.6 Å². The van der Waals surface area contributed by atoms with Gasteiger partial charge in [-0.25, -0.2) is 0 Å². The van der Waals surface area contributed by atoms with Crippen LogP contribution in [0.3, 0.4) is 0 Å². The molecule has 0 fully saturated rings. The molecule has 1 aliphatic heterocycles. The molecule has 0 radical (unpaired) electrons. The van der Waals surface area contributed by atoms with E-state index in [1.54, 1.807) is 0 Å². The number of carbonyl (C=O) groups excluding carboxylic acids is 1. The molecule has 1 aliphatic rings. The summed E-state index contributed by atoms with van der Waals surface area (Å²) in [5.41, 5.74) is 3.60. The molecule has 0 bridgehead atoms. The van der Waals surface area contributed by atoms with Crippen LogP contribution in [-0.4, -0.2) is 25.2 Å². The van der Waals surface area contributed by atoms with Crippen molar-refractivity contribution in [3.05, 3.63) is 71.3 Å². The summed E-state index contributed by atoms with van der Waals surface area (Å²) in [6.45, 7) is 1.64. The Morgan fingerprint density at radius 3 is 2.65 bits per heavy atom. The highest BCUT2D eigenvalue weighted by molar-refractivity contribution is 5.77. The zero-order chi connectivity index (χ0) is 15.9. The molecule has 4 nitrogen and oxygen atoms in total. The Kier molecular flexibility index (Phi) is 5.40. The average molecular weight is 311 g/mol. The van der Waals surface area contributed by atoms with E-state index < -0.39 is 0 Å². The largest absolute Gasteiger partial charge is 0.371 e. The zero-order valence-electron chi connectivity index (χ0n) is 13.0. The lowest BCUT2D eigenvalue weighted by atomic mass is 9.99. The molecular formula is C19H21NO3. The minimum absolute atomic E-state index is 0.0305. The summed E-state index contributed by atoms with van der Waals surface area (Å²) in [6, 6.07) is 18.1. The molecule has 0 unspecified atom stereocenters. The molecule has 0 aromatic heterocycles. The molecule has 1 amide bonds. The van der Waals surface area contributed by atoms with Crippen molar-refractivity contribution >= 4 is 5.91 Å². The number of rotatable bonds is 6. The third-order valence-corrected chi connectivity index (χ3v) is 3.91. The third-order valence-electron chi connectivity index (χ3n) is 3.91. The van der Waals surface area contributed by atoms with Crippen LogP contribution in [0, 0.1) is 0 Å². The normalized spacial score (nSPS) is 16.6. The fraction of sp³-hybridized carbons (Fsp3) is 0.316. The Bertz CT molecular complexity index is 642. The highest BCUT2D eigenvalue weighted by Gasteiger charge is 2.19. The first-order valence-corrected chi connectivity index (χ1v) is 7.88. The van der Waals surface area contributed by atoms with Crippen molar-refractivity contribution in [1.82, 2.24) is 5.32 Å². The maximum atomic E-state index is 11.8. The van der Waals surface area contributed by atoms with Gasteiger partial charge in [0.15, 0.2) is 0 Å². The summed E-state index contributed by atoms with van der Waals surface area (Å²) in [4.78, 5) is 11.8. The number of hydrogen-bond donors (Lipinski definition) is 1. The van der Waals surface area contributed by atoms with Gasteiger partial charge in [-0.3, -0.25) is 4.79 Å². The summed E-state index contributed by atoms with van der Waals surface area (Å²) in [6.07, 6.45) is 0.865. The maximum absolute atomic E-state index is 11.8. The van der Waals surface area contributed by atoms with E-state index in [4.69, 9.17) is 9.47 Å². The van der Waals surface area contributed by atoms with E-state index in [0.717, 1.165) is 12.0 Å². The molecule has 2 aromatic rings. The van der Waals surface area contributed by atoms with Gasteiger partial charge in [-0.1, -0.05) is 54.6 Å². The number of carbonyl (C=O) groups is 1. The molecule has 1 atom stereocenters. The number of hydrogen-bond acceptors (Lipinski definition) is 3. The van der Waals surface area contributed by atoms with Crippen LogP contribution in [0.5, 0.6) is 0 Å². The van der Waals surface area contributed by atoms with Crippen LogP contribution in [0.15, 0.2) is 54.6 Å². The second-order valence-corrected chi connectivity index (χ2v) is 5.69. The monoisotopic (exact) mass is 311 g/mol. The summed E-state index contributed by atoms with van der Waals surface area (Å²) < 4.78 is 11.2. The molecule has 0 saturated heterocycles. The van der Waals surface area contributed by atoms with Gasteiger partial charge in [-0.2, -0.15) is 0 Å². The molecule has 1 heterocycles. The molecule has 3 rings (SSSR count). The van der Waals surface area contributed by atoms with Crippen LogP contribution in [0.1, 0.15) is 16.7 Å². The first-order chi connectivity index (χ1) is 11.3. The van der Waals surface area contributed by atoms with Crippen molar-refractivity contribution in [3.63, 3.8) is 0 Å². The third kappa shape index (κ3) is 4.65. The quantitative estimate of drug-likeness (QED) is 0.891. The lowest BCUT2D eigenvalue weighted by Gasteiger charge is -2.25. The minimum Gasteiger partial charge on any atom is -0.371 e. The molecular weight excluding hydrogens is 290 g/mol. The molecule has 2 aromatic carbocycles. The van der Waals surface area contributed by atoms with Crippen molar-refractivity contribution < 1.29 is 14.3 Å². The van der Waals surface area contributed by atoms with Crippen molar-refractivity contribution in [2.75, 3.05) is 13.2 Å². The van der Waals surface area contributed by atoms with E-state index in [1.807, 2.05) is 42.5 Å². The number of ether oxygens (including phenoxy) is 2. The van der Waals surface area contributed by atoms with Gasteiger partial charge < -0.3 is 14.8 Å². The Labute approximate surface area is 136 Å². The molecule has 1 N–H and O–H groups in total. The summed E-state index contributed by atoms with van der Waals surface area (Å²) in [5.74, 6) is -0.108. The Morgan fingerprint density at radius 2 is 1.83 bits per heavy atom. The van der Waals surface area contributed by atoms with Gasteiger partial charge in [0, 0.05) is 13.0 Å². The smallest absolute Gasteiger partial charge is 0.246 e. The highest BCUT2D eigenvalue weighted by Crippen LogP contribution is 2.19. The number of amides is 1. The Morgan fingerprint density at radius 1 is 1.09 bits per heavy atom. The molecule has 120 valence electrons. The van der Waals surface area contributed by atoms with Crippen LogP contribution >= 0.6 is 0 Å². The van der Waals surface area contributed by atoms with Gasteiger partial charge in [0.25, 0.3) is 0 Å². The first kappa shape index (κ1) is 15.7. The van der Waals surface area contributed by atoms with Crippen molar-refractivity contribution in [2.45, 2.75) is 25.7 Å². The Hall–Kier alpha value is -2.17. The summed E-state index contributed by atoms with van der Waals surface area (Å²) in [5, 5.41) is 2.88. The summed E-state index contributed by atoms with van der Waals surface area (Å²) >= 11 is 0. The van der Waals surface area contributed by atoms with E-state index in [0.29, 0.717) is 19.8 Å². The van der Waals surface area contributed by atoms with E-state index in [2.05, 4.69) is 17.4 Å². The maximum Gasteiger partial charge on any atom is 0.246 e. The Balaban J connectivity index is 1.37. The zero-order valence-corrected chi connectivity index (χ0v) is 13.0. The molecule has 0 spiro atoms. The fourth-order valence-corrected chi connectivity index (χ4v) is 2.65. The SMILES string of the molecule is O=C(COCc1ccccc1)NC[C@@H]1Cc2ccccc2CO1. The van der Waals surface area contributed by atoms with E-state index in [1.165, 1.54) is 11.1 Å². The van der Waals surface area contributed by atoms with Crippen LogP contribution < -0.4 is 5.32 Å². The second kappa shape index (κ2) is 7.90. The van der Waals surface area contributed by atoms with Gasteiger partial charge in [-0.05, 0) is 16.7 Å². The number of nitrogens with one attached hydrogen (secondary N) is 1. The topological polar surface area (TPSA) is 47.6 Å². The molecule has 4 heteroatoms. The predicted molar refractivity (Wildman–Crippen MR) is 87.8 cm³/mol. The predicted octanol–water partition coefficient (Wildman–Crippen LogP) is 2.46.